The van der Waals surface area contributed by atoms with E-state index in [-0.39, 0.29) is 0 Å². The van der Waals surface area contributed by atoms with Crippen molar-refractivity contribution in [1.29, 1.82) is 0 Å². The second-order valence-electron chi connectivity index (χ2n) is 3.70. The van der Waals surface area contributed by atoms with E-state index in [1.165, 1.54) is 11.1 Å². The number of hydrogen-bond donors (Lipinski definition) is 1. The van der Waals surface area contributed by atoms with Crippen molar-refractivity contribution < 1.29 is 0 Å². The van der Waals surface area contributed by atoms with Gasteiger partial charge in [0.05, 0.1) is 0 Å². The second kappa shape index (κ2) is 5.55. The van der Waals surface area contributed by atoms with Crippen LogP contribution >= 0.6 is 0 Å². The van der Waals surface area contributed by atoms with Crippen LogP contribution in [-0.2, 0) is 6.42 Å². The highest BCUT2D eigenvalue weighted by Crippen LogP contribution is 2.04. The van der Waals surface area contributed by atoms with Gasteiger partial charge in [0.1, 0.15) is 0 Å². The number of rotatable bonds is 4. The van der Waals surface area contributed by atoms with Crippen molar-refractivity contribution in [2.24, 2.45) is 0 Å². The molecule has 0 aliphatic carbocycles. The molecule has 1 aromatic heterocycles. The maximum absolute atomic E-state index is 4.00. The molecule has 76 valence electrons. The van der Waals surface area contributed by atoms with Crippen LogP contribution in [0.1, 0.15) is 19.4 Å². The van der Waals surface area contributed by atoms with Gasteiger partial charge in [0, 0.05) is 18.4 Å². The quantitative estimate of drug-likeness (QED) is 0.736. The smallest absolute Gasteiger partial charge is 0.0290 e. The monoisotopic (exact) mass is 190 g/mol. The topological polar surface area (TPSA) is 24.9 Å². The van der Waals surface area contributed by atoms with Crippen LogP contribution in [0.25, 0.3) is 0 Å². The van der Waals surface area contributed by atoms with Gasteiger partial charge in [-0.05, 0) is 45.0 Å². The number of aromatic nitrogens is 1. The van der Waals surface area contributed by atoms with Crippen molar-refractivity contribution in [1.82, 2.24) is 10.3 Å². The first-order valence-electron chi connectivity index (χ1n) is 4.93. The standard InChI is InChI=1S/C12H18N2/c1-10(2)8-12(13-3)9-11-4-6-14-7-5-11/h4-8,12-13H,9H2,1-3H3. The minimum Gasteiger partial charge on any atom is -0.313 e. The Bertz CT molecular complexity index is 286. The molecule has 14 heavy (non-hydrogen) atoms. The molecule has 0 aliphatic heterocycles. The average Bonchev–Trinajstić information content (AvgIpc) is 2.17. The lowest BCUT2D eigenvalue weighted by Crippen LogP contribution is -2.25. The van der Waals surface area contributed by atoms with E-state index in [2.05, 4.69) is 42.4 Å². The van der Waals surface area contributed by atoms with Crippen LogP contribution in [0.15, 0.2) is 36.2 Å². The molecule has 0 amide bonds. The lowest BCUT2D eigenvalue weighted by molar-refractivity contribution is 0.660. The van der Waals surface area contributed by atoms with Crippen molar-refractivity contribution in [2.45, 2.75) is 26.3 Å². The Morgan fingerprint density at radius 1 is 1.43 bits per heavy atom. The molecule has 1 atom stereocenters. The van der Waals surface area contributed by atoms with E-state index in [1.807, 2.05) is 19.4 Å². The number of nitrogens with one attached hydrogen (secondary N) is 1. The van der Waals surface area contributed by atoms with Gasteiger partial charge in [0.2, 0.25) is 0 Å². The largest absolute Gasteiger partial charge is 0.313 e. The normalized spacial score (nSPS) is 12.2. The summed E-state index contributed by atoms with van der Waals surface area (Å²) in [4.78, 5) is 4.00. The van der Waals surface area contributed by atoms with Crippen LogP contribution in [0.4, 0.5) is 0 Å². The first kappa shape index (κ1) is 10.9. The fourth-order valence-electron chi connectivity index (χ4n) is 1.42. The molecular weight excluding hydrogens is 172 g/mol. The molecule has 0 fully saturated rings. The third kappa shape index (κ3) is 3.71. The van der Waals surface area contributed by atoms with E-state index in [1.54, 1.807) is 0 Å². The molecule has 0 spiro atoms. The average molecular weight is 190 g/mol. The Morgan fingerprint density at radius 3 is 2.57 bits per heavy atom. The number of nitrogens with zero attached hydrogens (tertiary/aromatic N) is 1. The van der Waals surface area contributed by atoms with Crippen molar-refractivity contribution in [3.8, 4) is 0 Å². The molecule has 0 saturated carbocycles. The molecule has 1 aromatic rings. The molecule has 0 bridgehead atoms. The van der Waals surface area contributed by atoms with Gasteiger partial charge >= 0.3 is 0 Å². The third-order valence-electron chi connectivity index (χ3n) is 2.11. The van der Waals surface area contributed by atoms with E-state index >= 15 is 0 Å². The van der Waals surface area contributed by atoms with Crippen molar-refractivity contribution in [2.75, 3.05) is 7.05 Å². The van der Waals surface area contributed by atoms with Crippen molar-refractivity contribution in [3.63, 3.8) is 0 Å². The van der Waals surface area contributed by atoms with Gasteiger partial charge in [-0.15, -0.1) is 0 Å². The summed E-state index contributed by atoms with van der Waals surface area (Å²) < 4.78 is 0. The highest BCUT2D eigenvalue weighted by atomic mass is 14.9. The molecule has 2 heteroatoms. The number of allylic oxidation sites excluding steroid dienone is 1. The van der Waals surface area contributed by atoms with Crippen LogP contribution in [0.3, 0.4) is 0 Å². The maximum atomic E-state index is 4.00. The molecule has 0 aromatic carbocycles. The van der Waals surface area contributed by atoms with Gasteiger partial charge in [-0.2, -0.15) is 0 Å². The number of likely N-dealkylation sites (N-methyl/N-ethyl adjacent to an activating group) is 1. The predicted octanol–water partition coefficient (Wildman–Crippen LogP) is 2.18. The number of pyridine rings is 1. The summed E-state index contributed by atoms with van der Waals surface area (Å²) in [6.45, 7) is 4.24. The van der Waals surface area contributed by atoms with Gasteiger partial charge < -0.3 is 5.32 Å². The lowest BCUT2D eigenvalue weighted by Gasteiger charge is -2.12. The zero-order valence-corrected chi connectivity index (χ0v) is 9.12. The van der Waals surface area contributed by atoms with Crippen molar-refractivity contribution >= 4 is 0 Å². The Hall–Kier alpha value is -1.15. The predicted molar refractivity (Wildman–Crippen MR) is 60.2 cm³/mol. The first-order valence-corrected chi connectivity index (χ1v) is 4.93. The molecule has 0 aliphatic rings. The SMILES string of the molecule is CNC(C=C(C)C)Cc1ccncc1. The highest BCUT2D eigenvalue weighted by Gasteiger charge is 2.02. The van der Waals surface area contributed by atoms with Crippen LogP contribution in [0, 0.1) is 0 Å². The van der Waals surface area contributed by atoms with Crippen LogP contribution < -0.4 is 5.32 Å². The van der Waals surface area contributed by atoms with Crippen molar-refractivity contribution in [3.05, 3.63) is 41.7 Å². The third-order valence-corrected chi connectivity index (χ3v) is 2.11. The van der Waals surface area contributed by atoms with Gasteiger partial charge in [0.25, 0.3) is 0 Å². The van der Waals surface area contributed by atoms with Crippen LogP contribution in [0.5, 0.6) is 0 Å². The molecule has 1 heterocycles. The molecular formula is C12H18N2. The summed E-state index contributed by atoms with van der Waals surface area (Å²) in [5.41, 5.74) is 2.66. The summed E-state index contributed by atoms with van der Waals surface area (Å²) in [6, 6.07) is 4.54. The summed E-state index contributed by atoms with van der Waals surface area (Å²) in [5.74, 6) is 0. The Labute approximate surface area is 86.1 Å². The van der Waals surface area contributed by atoms with Crippen LogP contribution in [-0.4, -0.2) is 18.1 Å². The summed E-state index contributed by atoms with van der Waals surface area (Å²) in [7, 11) is 1.99. The van der Waals surface area contributed by atoms with E-state index in [0.29, 0.717) is 6.04 Å². The molecule has 1 rings (SSSR count). The molecule has 2 nitrogen and oxygen atoms in total. The second-order valence-corrected chi connectivity index (χ2v) is 3.70. The van der Waals surface area contributed by atoms with Gasteiger partial charge in [-0.25, -0.2) is 0 Å². The minimum atomic E-state index is 0.419. The summed E-state index contributed by atoms with van der Waals surface area (Å²) in [6.07, 6.45) is 6.94. The summed E-state index contributed by atoms with van der Waals surface area (Å²) in [5, 5.41) is 3.29. The molecule has 0 saturated heterocycles. The lowest BCUT2D eigenvalue weighted by atomic mass is 10.1. The maximum Gasteiger partial charge on any atom is 0.0290 e. The fraction of sp³-hybridized carbons (Fsp3) is 0.417. The van der Waals surface area contributed by atoms with Gasteiger partial charge in [-0.3, -0.25) is 4.98 Å². The van der Waals surface area contributed by atoms with Gasteiger partial charge in [0.15, 0.2) is 0 Å². The zero-order chi connectivity index (χ0) is 10.4. The number of hydrogen-bond acceptors (Lipinski definition) is 2. The van der Waals surface area contributed by atoms with E-state index in [9.17, 15) is 0 Å². The molecule has 0 radical (unpaired) electrons. The van der Waals surface area contributed by atoms with Gasteiger partial charge in [-0.1, -0.05) is 11.6 Å². The Morgan fingerprint density at radius 2 is 2.07 bits per heavy atom. The molecule has 1 N–H and O–H groups in total. The molecule has 1 unspecified atom stereocenters. The first-order chi connectivity index (χ1) is 6.72. The van der Waals surface area contributed by atoms with E-state index in [0.717, 1.165) is 6.42 Å². The summed E-state index contributed by atoms with van der Waals surface area (Å²) >= 11 is 0. The minimum absolute atomic E-state index is 0.419. The Balaban J connectivity index is 2.62. The van der Waals surface area contributed by atoms with E-state index in [4.69, 9.17) is 0 Å². The van der Waals surface area contributed by atoms with Crippen LogP contribution in [0.2, 0.25) is 0 Å². The zero-order valence-electron chi connectivity index (χ0n) is 9.12. The fourth-order valence-corrected chi connectivity index (χ4v) is 1.42. The Kier molecular flexibility index (Phi) is 4.33. The highest BCUT2D eigenvalue weighted by molar-refractivity contribution is 5.14. The van der Waals surface area contributed by atoms with E-state index < -0.39 is 0 Å².